The second-order valence-corrected chi connectivity index (χ2v) is 5.93. The van der Waals surface area contributed by atoms with Crippen LogP contribution in [0.4, 0.5) is 0 Å². The standard InChI is InChI=1S/C17H19ClN2O2/c1-12-9-20(10-13-3-6-15(21-2)7-4-13)11-14-5-8-16(18)19-17(14)22-12/h3-8,12H,9-11H2,1-2H3. The van der Waals surface area contributed by atoms with Crippen LogP contribution in [0.1, 0.15) is 18.1 Å². The molecule has 0 saturated carbocycles. The van der Waals surface area contributed by atoms with Crippen molar-refractivity contribution in [1.29, 1.82) is 0 Å². The van der Waals surface area contributed by atoms with Crippen LogP contribution in [0.5, 0.6) is 11.6 Å². The van der Waals surface area contributed by atoms with E-state index in [0.717, 1.165) is 30.9 Å². The summed E-state index contributed by atoms with van der Waals surface area (Å²) in [6, 6.07) is 12.0. The molecule has 1 aliphatic heterocycles. The van der Waals surface area contributed by atoms with E-state index in [0.29, 0.717) is 11.0 Å². The molecule has 0 aliphatic carbocycles. The Morgan fingerprint density at radius 1 is 1.27 bits per heavy atom. The molecule has 1 aliphatic rings. The Labute approximate surface area is 135 Å². The fourth-order valence-electron chi connectivity index (χ4n) is 2.68. The summed E-state index contributed by atoms with van der Waals surface area (Å²) >= 11 is 5.96. The third kappa shape index (κ3) is 3.51. The van der Waals surface area contributed by atoms with Crippen molar-refractivity contribution in [2.75, 3.05) is 13.7 Å². The fourth-order valence-corrected chi connectivity index (χ4v) is 2.82. The van der Waals surface area contributed by atoms with Gasteiger partial charge in [-0.3, -0.25) is 4.90 Å². The van der Waals surface area contributed by atoms with Crippen LogP contribution in [0.15, 0.2) is 36.4 Å². The molecule has 1 aromatic heterocycles. The number of benzene rings is 1. The van der Waals surface area contributed by atoms with Crippen molar-refractivity contribution in [2.24, 2.45) is 0 Å². The molecule has 0 spiro atoms. The van der Waals surface area contributed by atoms with Crippen molar-refractivity contribution in [2.45, 2.75) is 26.1 Å². The minimum Gasteiger partial charge on any atom is -0.497 e. The highest BCUT2D eigenvalue weighted by Crippen LogP contribution is 2.26. The molecule has 1 atom stereocenters. The molecule has 0 amide bonds. The van der Waals surface area contributed by atoms with E-state index in [1.807, 2.05) is 24.3 Å². The van der Waals surface area contributed by atoms with Gasteiger partial charge in [0.15, 0.2) is 0 Å². The zero-order chi connectivity index (χ0) is 15.5. The van der Waals surface area contributed by atoms with Gasteiger partial charge in [0.2, 0.25) is 5.88 Å². The maximum Gasteiger partial charge on any atom is 0.219 e. The lowest BCUT2D eigenvalue weighted by Crippen LogP contribution is -2.30. The fraction of sp³-hybridized carbons (Fsp3) is 0.353. The quantitative estimate of drug-likeness (QED) is 0.811. The van der Waals surface area contributed by atoms with E-state index in [1.54, 1.807) is 7.11 Å². The number of methoxy groups -OCH3 is 1. The highest BCUT2D eigenvalue weighted by Gasteiger charge is 2.21. The Hall–Kier alpha value is -1.78. The lowest BCUT2D eigenvalue weighted by atomic mass is 10.2. The van der Waals surface area contributed by atoms with Crippen LogP contribution in [-0.4, -0.2) is 29.6 Å². The van der Waals surface area contributed by atoms with E-state index >= 15 is 0 Å². The summed E-state index contributed by atoms with van der Waals surface area (Å²) in [5.41, 5.74) is 2.32. The number of pyridine rings is 1. The van der Waals surface area contributed by atoms with E-state index in [2.05, 4.69) is 28.9 Å². The number of ether oxygens (including phenoxy) is 2. The van der Waals surface area contributed by atoms with Crippen LogP contribution < -0.4 is 9.47 Å². The third-order valence-electron chi connectivity index (χ3n) is 3.69. The van der Waals surface area contributed by atoms with Gasteiger partial charge in [0.25, 0.3) is 0 Å². The van der Waals surface area contributed by atoms with Gasteiger partial charge >= 0.3 is 0 Å². The number of nitrogens with zero attached hydrogens (tertiary/aromatic N) is 2. The lowest BCUT2D eigenvalue weighted by Gasteiger charge is -2.21. The van der Waals surface area contributed by atoms with Gasteiger partial charge in [0, 0.05) is 25.2 Å². The Bertz CT molecular complexity index is 646. The molecule has 2 heterocycles. The third-order valence-corrected chi connectivity index (χ3v) is 3.90. The van der Waals surface area contributed by atoms with Crippen LogP contribution in [0.2, 0.25) is 5.15 Å². The SMILES string of the molecule is COc1ccc(CN2Cc3ccc(Cl)nc3OC(C)C2)cc1. The van der Waals surface area contributed by atoms with Gasteiger partial charge in [-0.2, -0.15) is 0 Å². The summed E-state index contributed by atoms with van der Waals surface area (Å²) in [7, 11) is 1.68. The molecular weight excluding hydrogens is 300 g/mol. The van der Waals surface area contributed by atoms with Gasteiger partial charge in [-0.05, 0) is 36.8 Å². The van der Waals surface area contributed by atoms with Crippen molar-refractivity contribution in [3.63, 3.8) is 0 Å². The first-order valence-corrected chi connectivity index (χ1v) is 7.69. The molecular formula is C17H19ClN2O2. The highest BCUT2D eigenvalue weighted by atomic mass is 35.5. The van der Waals surface area contributed by atoms with Gasteiger partial charge in [0.05, 0.1) is 7.11 Å². The van der Waals surface area contributed by atoms with E-state index in [9.17, 15) is 0 Å². The number of hydrogen-bond donors (Lipinski definition) is 0. The molecule has 0 bridgehead atoms. The largest absolute Gasteiger partial charge is 0.497 e. The first kappa shape index (κ1) is 15.1. The second-order valence-electron chi connectivity index (χ2n) is 5.54. The summed E-state index contributed by atoms with van der Waals surface area (Å²) in [5.74, 6) is 1.53. The molecule has 4 nitrogen and oxygen atoms in total. The zero-order valence-electron chi connectivity index (χ0n) is 12.8. The van der Waals surface area contributed by atoms with Gasteiger partial charge in [-0.1, -0.05) is 23.7 Å². The molecule has 3 rings (SSSR count). The first-order chi connectivity index (χ1) is 10.6. The molecule has 22 heavy (non-hydrogen) atoms. The summed E-state index contributed by atoms with van der Waals surface area (Å²) < 4.78 is 11.1. The molecule has 0 fully saturated rings. The van der Waals surface area contributed by atoms with E-state index in [1.165, 1.54) is 5.56 Å². The Balaban J connectivity index is 1.77. The minimum absolute atomic E-state index is 0.0745. The summed E-state index contributed by atoms with van der Waals surface area (Å²) in [5, 5.41) is 0.467. The summed E-state index contributed by atoms with van der Waals surface area (Å²) in [6.45, 7) is 4.56. The Kier molecular flexibility index (Phi) is 4.50. The average Bonchev–Trinajstić information content (AvgIpc) is 2.65. The van der Waals surface area contributed by atoms with Crippen LogP contribution in [-0.2, 0) is 13.1 Å². The lowest BCUT2D eigenvalue weighted by molar-refractivity contribution is 0.153. The maximum atomic E-state index is 5.96. The van der Waals surface area contributed by atoms with Crippen LogP contribution in [0.3, 0.4) is 0 Å². The molecule has 1 aromatic carbocycles. The van der Waals surface area contributed by atoms with Gasteiger partial charge in [-0.15, -0.1) is 0 Å². The number of halogens is 1. The van der Waals surface area contributed by atoms with Crippen molar-refractivity contribution in [3.05, 3.63) is 52.7 Å². The van der Waals surface area contributed by atoms with E-state index < -0.39 is 0 Å². The topological polar surface area (TPSA) is 34.6 Å². The average molecular weight is 319 g/mol. The molecule has 5 heteroatoms. The van der Waals surface area contributed by atoms with Gasteiger partial charge in [0.1, 0.15) is 17.0 Å². The predicted molar refractivity (Wildman–Crippen MR) is 86.4 cm³/mol. The molecule has 0 N–H and O–H groups in total. The van der Waals surface area contributed by atoms with Gasteiger partial charge in [-0.25, -0.2) is 4.98 Å². The molecule has 0 radical (unpaired) electrons. The second kappa shape index (κ2) is 6.55. The normalized spacial score (nSPS) is 18.2. The number of aromatic nitrogens is 1. The molecule has 2 aromatic rings. The molecule has 116 valence electrons. The van der Waals surface area contributed by atoms with Crippen LogP contribution >= 0.6 is 11.6 Å². The molecule has 0 saturated heterocycles. The predicted octanol–water partition coefficient (Wildman–Crippen LogP) is 3.53. The smallest absolute Gasteiger partial charge is 0.219 e. The van der Waals surface area contributed by atoms with Gasteiger partial charge < -0.3 is 9.47 Å². The number of fused-ring (bicyclic) bond motifs is 1. The number of hydrogen-bond acceptors (Lipinski definition) is 4. The van der Waals surface area contributed by atoms with Crippen molar-refractivity contribution < 1.29 is 9.47 Å². The zero-order valence-corrected chi connectivity index (χ0v) is 13.5. The Morgan fingerprint density at radius 2 is 2.05 bits per heavy atom. The van der Waals surface area contributed by atoms with Crippen LogP contribution in [0.25, 0.3) is 0 Å². The number of rotatable bonds is 3. The van der Waals surface area contributed by atoms with Crippen molar-refractivity contribution >= 4 is 11.6 Å². The first-order valence-electron chi connectivity index (χ1n) is 7.31. The maximum absolute atomic E-state index is 5.96. The van der Waals surface area contributed by atoms with E-state index in [-0.39, 0.29) is 6.10 Å². The summed E-state index contributed by atoms with van der Waals surface area (Å²) in [4.78, 5) is 6.64. The van der Waals surface area contributed by atoms with Crippen LogP contribution in [0, 0.1) is 0 Å². The molecule has 1 unspecified atom stereocenters. The van der Waals surface area contributed by atoms with Crippen molar-refractivity contribution in [1.82, 2.24) is 9.88 Å². The van der Waals surface area contributed by atoms with Crippen molar-refractivity contribution in [3.8, 4) is 11.6 Å². The highest BCUT2D eigenvalue weighted by molar-refractivity contribution is 6.29. The minimum atomic E-state index is 0.0745. The van der Waals surface area contributed by atoms with E-state index in [4.69, 9.17) is 21.1 Å². The monoisotopic (exact) mass is 318 g/mol. The Morgan fingerprint density at radius 3 is 2.77 bits per heavy atom. The summed E-state index contributed by atoms with van der Waals surface area (Å²) in [6.07, 6.45) is 0.0745.